The van der Waals surface area contributed by atoms with E-state index in [1.807, 2.05) is 0 Å². The number of aromatic nitrogens is 2. The van der Waals surface area contributed by atoms with Gasteiger partial charge in [-0.3, -0.25) is 14.3 Å². The molecule has 0 aliphatic carbocycles. The molecule has 1 saturated heterocycles. The van der Waals surface area contributed by atoms with E-state index in [9.17, 15) is 14.7 Å². The fraction of sp³-hybridized carbons (Fsp3) is 0.556. The minimum atomic E-state index is -0.900. The van der Waals surface area contributed by atoms with Gasteiger partial charge in [0.1, 0.15) is 6.10 Å². The lowest BCUT2D eigenvalue weighted by atomic mass is 10.2. The molecule has 3 N–H and O–H groups in total. The fourth-order valence-corrected chi connectivity index (χ4v) is 2.07. The van der Waals surface area contributed by atoms with E-state index in [-0.39, 0.29) is 17.5 Å². The highest BCUT2D eigenvalue weighted by Crippen LogP contribution is 2.27. The maximum atomic E-state index is 11.6. The number of nitrogens with one attached hydrogen (secondary N) is 1. The van der Waals surface area contributed by atoms with Crippen molar-refractivity contribution < 1.29 is 14.9 Å². The number of aliphatic hydroxyl groups is 2. The van der Waals surface area contributed by atoms with Gasteiger partial charge in [0.2, 0.25) is 0 Å². The number of aliphatic hydroxyl groups excluding tert-OH is 2. The molecule has 7 nitrogen and oxygen atoms in total. The van der Waals surface area contributed by atoms with Gasteiger partial charge in [-0.05, 0) is 15.9 Å². The summed E-state index contributed by atoms with van der Waals surface area (Å²) in [6.45, 7) is -0.229. The van der Waals surface area contributed by atoms with Crippen LogP contribution in [0.2, 0.25) is 0 Å². The first kappa shape index (κ1) is 12.5. The summed E-state index contributed by atoms with van der Waals surface area (Å²) in [6, 6.07) is 0. The molecular weight excluding hydrogens is 296 g/mol. The first-order valence-corrected chi connectivity index (χ1v) is 5.77. The van der Waals surface area contributed by atoms with Gasteiger partial charge in [0.15, 0.2) is 6.23 Å². The Balaban J connectivity index is 2.38. The maximum Gasteiger partial charge on any atom is 0.330 e. The molecule has 0 saturated carbocycles. The molecule has 8 heteroatoms. The number of aromatic amines is 1. The summed E-state index contributed by atoms with van der Waals surface area (Å²) in [5.74, 6) is 0. The molecular formula is C9H11BrN2O5. The predicted octanol–water partition coefficient (Wildman–Crippen LogP) is -1.06. The summed E-state index contributed by atoms with van der Waals surface area (Å²) in [6.07, 6.45) is -0.804. The van der Waals surface area contributed by atoms with Crippen LogP contribution in [0.5, 0.6) is 0 Å². The van der Waals surface area contributed by atoms with E-state index in [1.54, 1.807) is 0 Å². The number of hydrogen-bond donors (Lipinski definition) is 3. The molecule has 0 aromatic carbocycles. The van der Waals surface area contributed by atoms with Crippen LogP contribution >= 0.6 is 15.9 Å². The highest BCUT2D eigenvalue weighted by atomic mass is 79.9. The average Bonchev–Trinajstić information content (AvgIpc) is 2.65. The van der Waals surface area contributed by atoms with Gasteiger partial charge >= 0.3 is 5.69 Å². The molecule has 94 valence electrons. The van der Waals surface area contributed by atoms with Crippen molar-refractivity contribution in [3.05, 3.63) is 31.5 Å². The van der Waals surface area contributed by atoms with Crippen LogP contribution in [0.3, 0.4) is 0 Å². The van der Waals surface area contributed by atoms with Gasteiger partial charge in [0.05, 0.1) is 17.2 Å². The third kappa shape index (κ3) is 2.34. The van der Waals surface area contributed by atoms with Crippen LogP contribution in [0.25, 0.3) is 0 Å². The van der Waals surface area contributed by atoms with Crippen molar-refractivity contribution in [2.75, 3.05) is 6.61 Å². The van der Waals surface area contributed by atoms with E-state index in [0.717, 1.165) is 4.57 Å². The molecule has 2 heterocycles. The van der Waals surface area contributed by atoms with Crippen molar-refractivity contribution in [2.45, 2.75) is 24.9 Å². The average molecular weight is 307 g/mol. The molecule has 17 heavy (non-hydrogen) atoms. The Kier molecular flexibility index (Phi) is 3.48. The Morgan fingerprint density at radius 3 is 2.88 bits per heavy atom. The summed E-state index contributed by atoms with van der Waals surface area (Å²) in [4.78, 5) is 24.8. The zero-order valence-electron chi connectivity index (χ0n) is 8.67. The standard InChI is InChI=1S/C9H11BrN2O5/c10-5-2-12(9(16)11-7(5)15)8-6(14)1-4(3-13)17-8/h2,4,6,8,13-14H,1,3H2,(H,11,15,16)/t4-,6?,8+/m0/s1. The number of nitrogens with zero attached hydrogens (tertiary/aromatic N) is 1. The summed E-state index contributed by atoms with van der Waals surface area (Å²) >= 11 is 2.99. The van der Waals surface area contributed by atoms with E-state index in [2.05, 4.69) is 20.9 Å². The second-order valence-corrected chi connectivity index (χ2v) is 4.63. The molecule has 1 aliphatic heterocycles. The Labute approximate surface area is 104 Å². The fourth-order valence-electron chi connectivity index (χ4n) is 1.75. The van der Waals surface area contributed by atoms with Crippen LogP contribution in [-0.2, 0) is 4.74 Å². The Bertz CT molecular complexity index is 525. The van der Waals surface area contributed by atoms with Gasteiger partial charge < -0.3 is 14.9 Å². The van der Waals surface area contributed by atoms with Gasteiger partial charge in [0, 0.05) is 12.6 Å². The monoisotopic (exact) mass is 306 g/mol. The van der Waals surface area contributed by atoms with Gasteiger partial charge in [-0.1, -0.05) is 0 Å². The summed E-state index contributed by atoms with van der Waals surface area (Å²) in [5.41, 5.74) is -1.21. The van der Waals surface area contributed by atoms with E-state index in [4.69, 9.17) is 9.84 Å². The van der Waals surface area contributed by atoms with Gasteiger partial charge in [0.25, 0.3) is 5.56 Å². The normalized spacial score (nSPS) is 28.5. The van der Waals surface area contributed by atoms with E-state index in [0.29, 0.717) is 0 Å². The number of rotatable bonds is 2. The highest BCUT2D eigenvalue weighted by molar-refractivity contribution is 9.10. The minimum absolute atomic E-state index is 0.167. The predicted molar refractivity (Wildman–Crippen MR) is 60.6 cm³/mol. The van der Waals surface area contributed by atoms with Gasteiger partial charge in [-0.15, -0.1) is 0 Å². The molecule has 1 aromatic heterocycles. The van der Waals surface area contributed by atoms with Crippen molar-refractivity contribution in [1.29, 1.82) is 0 Å². The summed E-state index contributed by atoms with van der Waals surface area (Å²) in [5, 5.41) is 18.7. The lowest BCUT2D eigenvalue weighted by Crippen LogP contribution is -2.35. The lowest BCUT2D eigenvalue weighted by Gasteiger charge is -2.17. The zero-order valence-corrected chi connectivity index (χ0v) is 10.3. The SMILES string of the molecule is O=c1[nH]c(=O)n([C@@H]2O[C@H](CO)CC2O)cc1Br. The topological polar surface area (TPSA) is 105 Å². The van der Waals surface area contributed by atoms with Crippen LogP contribution < -0.4 is 11.2 Å². The Morgan fingerprint density at radius 2 is 2.29 bits per heavy atom. The second-order valence-electron chi connectivity index (χ2n) is 3.78. The third-order valence-corrected chi connectivity index (χ3v) is 3.13. The molecule has 1 aromatic rings. The second kappa shape index (κ2) is 4.73. The van der Waals surface area contributed by atoms with Crippen LogP contribution in [0.4, 0.5) is 0 Å². The van der Waals surface area contributed by atoms with Crippen LogP contribution in [0.15, 0.2) is 20.3 Å². The molecule has 0 spiro atoms. The first-order valence-electron chi connectivity index (χ1n) is 4.98. The molecule has 3 atom stereocenters. The largest absolute Gasteiger partial charge is 0.394 e. The van der Waals surface area contributed by atoms with Crippen molar-refractivity contribution in [1.82, 2.24) is 9.55 Å². The van der Waals surface area contributed by atoms with E-state index >= 15 is 0 Å². The number of ether oxygens (including phenoxy) is 1. The maximum absolute atomic E-state index is 11.6. The van der Waals surface area contributed by atoms with Crippen LogP contribution in [-0.4, -0.2) is 38.6 Å². The molecule has 0 radical (unpaired) electrons. The molecule has 1 fully saturated rings. The number of hydrogen-bond acceptors (Lipinski definition) is 5. The van der Waals surface area contributed by atoms with Crippen molar-refractivity contribution in [3.8, 4) is 0 Å². The Morgan fingerprint density at radius 1 is 1.59 bits per heavy atom. The first-order chi connectivity index (χ1) is 8.02. The van der Waals surface area contributed by atoms with Crippen LogP contribution in [0, 0.1) is 0 Å². The van der Waals surface area contributed by atoms with Crippen molar-refractivity contribution in [2.24, 2.45) is 0 Å². The molecule has 0 amide bonds. The van der Waals surface area contributed by atoms with E-state index < -0.39 is 29.7 Å². The highest BCUT2D eigenvalue weighted by Gasteiger charge is 2.35. The van der Waals surface area contributed by atoms with Crippen molar-refractivity contribution in [3.63, 3.8) is 0 Å². The van der Waals surface area contributed by atoms with E-state index in [1.165, 1.54) is 6.20 Å². The third-order valence-electron chi connectivity index (χ3n) is 2.57. The minimum Gasteiger partial charge on any atom is -0.394 e. The molecule has 2 rings (SSSR count). The van der Waals surface area contributed by atoms with Gasteiger partial charge in [-0.25, -0.2) is 4.79 Å². The summed E-state index contributed by atoms with van der Waals surface area (Å²) in [7, 11) is 0. The molecule has 1 unspecified atom stereocenters. The summed E-state index contributed by atoms with van der Waals surface area (Å²) < 4.78 is 6.56. The number of H-pyrrole nitrogens is 1. The smallest absolute Gasteiger partial charge is 0.330 e. The quantitative estimate of drug-likeness (QED) is 0.646. The number of halogens is 1. The molecule has 1 aliphatic rings. The zero-order chi connectivity index (χ0) is 12.6. The lowest BCUT2D eigenvalue weighted by molar-refractivity contribution is -0.0531. The molecule has 0 bridgehead atoms. The van der Waals surface area contributed by atoms with Crippen LogP contribution in [0.1, 0.15) is 12.6 Å². The van der Waals surface area contributed by atoms with Crippen molar-refractivity contribution >= 4 is 15.9 Å². The van der Waals surface area contributed by atoms with Gasteiger partial charge in [-0.2, -0.15) is 0 Å². The Hall–Kier alpha value is -0.960.